The van der Waals surface area contributed by atoms with Crippen molar-refractivity contribution in [1.29, 1.82) is 0 Å². The van der Waals surface area contributed by atoms with Gasteiger partial charge < -0.3 is 15.4 Å². The van der Waals surface area contributed by atoms with Crippen molar-refractivity contribution >= 4 is 40.1 Å². The molecule has 1 atom stereocenters. The zero-order chi connectivity index (χ0) is 15.6. The van der Waals surface area contributed by atoms with E-state index in [1.54, 1.807) is 32.0 Å². The van der Waals surface area contributed by atoms with E-state index in [4.69, 9.17) is 27.9 Å². The highest BCUT2D eigenvalue weighted by atomic mass is 35.5. The molecule has 0 saturated carbocycles. The number of benzene rings is 1. The first-order valence-corrected chi connectivity index (χ1v) is 7.06. The number of rotatable bonds is 4. The minimum absolute atomic E-state index is 0.195. The minimum Gasteiger partial charge on any atom is -0.508 e. The van der Waals surface area contributed by atoms with Crippen molar-refractivity contribution in [3.8, 4) is 0 Å². The van der Waals surface area contributed by atoms with E-state index < -0.39 is 12.0 Å². The molecule has 5 nitrogen and oxygen atoms in total. The smallest absolute Gasteiger partial charge is 0.379 e. The summed E-state index contributed by atoms with van der Waals surface area (Å²) in [6, 6.07) is 4.01. The van der Waals surface area contributed by atoms with Gasteiger partial charge in [-0.2, -0.15) is 0 Å². The maximum Gasteiger partial charge on any atom is 0.379 e. The van der Waals surface area contributed by atoms with Crippen LogP contribution in [0.5, 0.6) is 0 Å². The van der Waals surface area contributed by atoms with Crippen molar-refractivity contribution in [1.82, 2.24) is 4.98 Å². The highest BCUT2D eigenvalue weighted by molar-refractivity contribution is 6.37. The largest absolute Gasteiger partial charge is 0.508 e. The van der Waals surface area contributed by atoms with Gasteiger partial charge in [0, 0.05) is 16.1 Å². The molecule has 0 fully saturated rings. The van der Waals surface area contributed by atoms with Crippen LogP contribution in [0.15, 0.2) is 18.2 Å². The van der Waals surface area contributed by atoms with Crippen LogP contribution in [0.2, 0.25) is 10.0 Å². The fourth-order valence-corrected chi connectivity index (χ4v) is 2.69. The number of hydrogen-bond donors (Lipinski definition) is 1. The minimum atomic E-state index is -1.10. The van der Waals surface area contributed by atoms with Crippen LogP contribution in [-0.2, 0) is 9.53 Å². The number of nitrogens with one attached hydrogen (secondary N) is 1. The summed E-state index contributed by atoms with van der Waals surface area (Å²) in [5.41, 5.74) is 10.8. The molecule has 1 N–H and O–H groups in total. The van der Waals surface area contributed by atoms with Crippen LogP contribution < -0.4 is 5.11 Å². The Morgan fingerprint density at radius 3 is 2.81 bits per heavy atom. The number of nitrogens with zero attached hydrogens (tertiary/aromatic N) is 2. The third-order valence-corrected chi connectivity index (χ3v) is 3.69. The van der Waals surface area contributed by atoms with E-state index in [0.29, 0.717) is 32.2 Å². The summed E-state index contributed by atoms with van der Waals surface area (Å²) < 4.78 is 4.92. The van der Waals surface area contributed by atoms with Crippen molar-refractivity contribution in [2.75, 3.05) is 6.61 Å². The number of aryl methyl sites for hydroxylation is 1. The van der Waals surface area contributed by atoms with Gasteiger partial charge in [0.15, 0.2) is 0 Å². The second-order valence-electron chi connectivity index (χ2n) is 4.40. The SMILES string of the molecule is CCOC(=O)C([NH+]=[N-])c1c(C)nc2ccc(Cl)cc2c1Cl. The molecular weight excluding hydrogens is 313 g/mol. The highest BCUT2D eigenvalue weighted by Crippen LogP contribution is 2.32. The first-order chi connectivity index (χ1) is 9.99. The number of carbonyl (C=O) groups excluding carboxylic acids is 1. The first-order valence-electron chi connectivity index (χ1n) is 6.31. The van der Waals surface area contributed by atoms with Gasteiger partial charge >= 0.3 is 5.97 Å². The predicted molar refractivity (Wildman–Crippen MR) is 80.2 cm³/mol. The number of hydrogen-bond acceptors (Lipinski definition) is 3. The maximum absolute atomic E-state index is 11.9. The Kier molecular flexibility index (Phi) is 4.75. The van der Waals surface area contributed by atoms with Crippen molar-refractivity contribution < 1.29 is 14.6 Å². The van der Waals surface area contributed by atoms with Gasteiger partial charge in [-0.1, -0.05) is 23.2 Å². The molecule has 0 aliphatic rings. The quantitative estimate of drug-likeness (QED) is 0.693. The van der Waals surface area contributed by atoms with Gasteiger partial charge in [0.05, 0.1) is 22.7 Å². The van der Waals surface area contributed by atoms with Gasteiger partial charge in [-0.25, -0.2) is 4.79 Å². The summed E-state index contributed by atoms with van der Waals surface area (Å²) in [6.45, 7) is 3.58. The van der Waals surface area contributed by atoms with Gasteiger partial charge in [-0.05, 0) is 32.0 Å². The number of fused-ring (bicyclic) bond motifs is 1. The molecule has 0 amide bonds. The van der Waals surface area contributed by atoms with E-state index in [0.717, 1.165) is 0 Å². The van der Waals surface area contributed by atoms with Crippen LogP contribution in [0.4, 0.5) is 0 Å². The van der Waals surface area contributed by atoms with E-state index >= 15 is 0 Å². The van der Waals surface area contributed by atoms with Crippen LogP contribution in [-0.4, -0.2) is 17.6 Å². The second-order valence-corrected chi connectivity index (χ2v) is 5.21. The zero-order valence-electron chi connectivity index (χ0n) is 11.5. The van der Waals surface area contributed by atoms with E-state index in [1.807, 2.05) is 5.11 Å². The standard InChI is InChI=1S/C14H13Cl2N3O2/c1-3-21-14(20)13(19-17)11-7(2)18-10-5-4-8(15)6-9(10)12(11)16/h4-6,13,19H,3H2,1-2H3. The van der Waals surface area contributed by atoms with Gasteiger partial charge in [-0.15, -0.1) is 0 Å². The molecule has 0 spiro atoms. The third-order valence-electron chi connectivity index (χ3n) is 3.05. The Bertz CT molecular complexity index is 719. The highest BCUT2D eigenvalue weighted by Gasteiger charge is 2.30. The summed E-state index contributed by atoms with van der Waals surface area (Å²) >= 11 is 12.3. The summed E-state index contributed by atoms with van der Waals surface area (Å²) in [4.78, 5) is 16.3. The number of carbonyl (C=O) groups is 1. The van der Waals surface area contributed by atoms with Gasteiger partial charge in [-0.3, -0.25) is 4.98 Å². The summed E-state index contributed by atoms with van der Waals surface area (Å²) in [5, 5.41) is 3.35. The van der Waals surface area contributed by atoms with E-state index in [9.17, 15) is 10.3 Å². The molecule has 2 aromatic rings. The lowest BCUT2D eigenvalue weighted by Gasteiger charge is -2.14. The van der Waals surface area contributed by atoms with E-state index in [-0.39, 0.29) is 6.61 Å². The molecule has 0 aliphatic carbocycles. The Morgan fingerprint density at radius 1 is 1.48 bits per heavy atom. The molecule has 0 radical (unpaired) electrons. The fourth-order valence-electron chi connectivity index (χ4n) is 2.12. The van der Waals surface area contributed by atoms with Crippen molar-refractivity contribution in [3.63, 3.8) is 0 Å². The molecule has 1 aromatic carbocycles. The molecule has 0 aliphatic heterocycles. The number of aromatic nitrogens is 1. The Hall–Kier alpha value is -1.72. The molecule has 0 saturated heterocycles. The lowest BCUT2D eigenvalue weighted by molar-refractivity contribution is -0.519. The van der Waals surface area contributed by atoms with Crippen LogP contribution in [0, 0.1) is 6.92 Å². The predicted octanol–water partition coefficient (Wildman–Crippen LogP) is 2.56. The third kappa shape index (κ3) is 2.99. The number of esters is 1. The van der Waals surface area contributed by atoms with Crippen molar-refractivity contribution in [2.45, 2.75) is 19.9 Å². The molecule has 21 heavy (non-hydrogen) atoms. The summed E-state index contributed by atoms with van der Waals surface area (Å²) in [6.07, 6.45) is 0. The Morgan fingerprint density at radius 2 is 2.19 bits per heavy atom. The normalized spacial score (nSPS) is 12.2. The summed E-state index contributed by atoms with van der Waals surface area (Å²) in [5.74, 6) is -0.631. The van der Waals surface area contributed by atoms with Gasteiger partial charge in [0.1, 0.15) is 0 Å². The molecule has 1 heterocycles. The molecule has 0 bridgehead atoms. The van der Waals surface area contributed by atoms with Crippen LogP contribution in [0.25, 0.3) is 16.4 Å². The first kappa shape index (κ1) is 15.7. The molecule has 1 aromatic heterocycles. The van der Waals surface area contributed by atoms with E-state index in [1.165, 1.54) is 0 Å². The van der Waals surface area contributed by atoms with Crippen molar-refractivity contribution in [3.05, 3.63) is 45.0 Å². The zero-order valence-corrected chi connectivity index (χ0v) is 13.0. The Labute approximate surface area is 131 Å². The number of ether oxygens (including phenoxy) is 1. The molecule has 1 unspecified atom stereocenters. The molecule has 110 valence electrons. The molecule has 2 rings (SSSR count). The second kappa shape index (κ2) is 6.37. The Balaban J connectivity index is 2.67. The molecule has 7 heteroatoms. The number of pyridine rings is 1. The van der Waals surface area contributed by atoms with Gasteiger partial charge in [0.2, 0.25) is 0 Å². The van der Waals surface area contributed by atoms with Crippen molar-refractivity contribution in [2.24, 2.45) is 0 Å². The fraction of sp³-hybridized carbons (Fsp3) is 0.286. The maximum atomic E-state index is 11.9. The summed E-state index contributed by atoms with van der Waals surface area (Å²) in [7, 11) is 0. The average Bonchev–Trinajstić information content (AvgIpc) is 2.44. The molecular formula is C14H13Cl2N3O2. The lowest BCUT2D eigenvalue weighted by Crippen LogP contribution is -2.68. The lowest BCUT2D eigenvalue weighted by atomic mass is 10.0. The van der Waals surface area contributed by atoms with Crippen LogP contribution in [0.3, 0.4) is 0 Å². The number of halogens is 2. The van der Waals surface area contributed by atoms with Crippen LogP contribution in [0.1, 0.15) is 24.2 Å². The van der Waals surface area contributed by atoms with Crippen LogP contribution >= 0.6 is 23.2 Å². The van der Waals surface area contributed by atoms with E-state index in [2.05, 4.69) is 4.98 Å². The monoisotopic (exact) mass is 325 g/mol. The average molecular weight is 326 g/mol. The topological polar surface area (TPSA) is 75.5 Å². The van der Waals surface area contributed by atoms with Gasteiger partial charge in [0.25, 0.3) is 6.04 Å².